The lowest BCUT2D eigenvalue weighted by Gasteiger charge is -2.19. The van der Waals surface area contributed by atoms with Crippen LogP contribution in [0, 0.1) is 0 Å². The van der Waals surface area contributed by atoms with Crippen molar-refractivity contribution in [1.82, 2.24) is 4.31 Å². The highest BCUT2D eigenvalue weighted by Crippen LogP contribution is 2.31. The van der Waals surface area contributed by atoms with Crippen molar-refractivity contribution >= 4 is 21.6 Å². The lowest BCUT2D eigenvalue weighted by molar-refractivity contribution is -0.115. The maximum atomic E-state index is 12.6. The van der Waals surface area contributed by atoms with Gasteiger partial charge in [-0.1, -0.05) is 26.0 Å². The van der Waals surface area contributed by atoms with E-state index in [0.717, 1.165) is 5.56 Å². The molecule has 0 spiro atoms. The van der Waals surface area contributed by atoms with Crippen molar-refractivity contribution in [2.75, 3.05) is 31.6 Å². The van der Waals surface area contributed by atoms with Crippen LogP contribution >= 0.6 is 0 Å². The molecule has 2 aromatic carbocycles. The first kappa shape index (κ1) is 20.2. The van der Waals surface area contributed by atoms with E-state index in [1.54, 1.807) is 38.1 Å². The monoisotopic (exact) mass is 404 g/mol. The van der Waals surface area contributed by atoms with Crippen LogP contribution in [0.25, 0.3) is 0 Å². The molecule has 0 unspecified atom stereocenters. The van der Waals surface area contributed by atoms with E-state index in [0.29, 0.717) is 43.5 Å². The molecule has 0 saturated heterocycles. The summed E-state index contributed by atoms with van der Waals surface area (Å²) in [5.74, 6) is 1.06. The molecule has 3 rings (SSSR count). The molecule has 1 amide bonds. The van der Waals surface area contributed by atoms with E-state index in [4.69, 9.17) is 9.47 Å². The average molecular weight is 404 g/mol. The maximum absolute atomic E-state index is 12.6. The molecule has 1 aliphatic heterocycles. The molecule has 0 atom stereocenters. The zero-order valence-electron chi connectivity index (χ0n) is 16.0. The summed E-state index contributed by atoms with van der Waals surface area (Å²) in [6.45, 7) is 5.36. The predicted octanol–water partition coefficient (Wildman–Crippen LogP) is 2.67. The van der Waals surface area contributed by atoms with Crippen LogP contribution in [0.15, 0.2) is 47.4 Å². The van der Waals surface area contributed by atoms with E-state index < -0.39 is 10.0 Å². The molecule has 0 aliphatic carbocycles. The molecular weight excluding hydrogens is 380 g/mol. The van der Waals surface area contributed by atoms with Gasteiger partial charge in [-0.05, 0) is 35.9 Å². The number of hydrogen-bond acceptors (Lipinski definition) is 5. The first-order chi connectivity index (χ1) is 13.4. The van der Waals surface area contributed by atoms with Crippen LogP contribution in [-0.2, 0) is 21.2 Å². The highest BCUT2D eigenvalue weighted by atomic mass is 32.2. The number of ether oxygens (including phenoxy) is 2. The third-order valence-electron chi connectivity index (χ3n) is 4.43. The van der Waals surface area contributed by atoms with Crippen molar-refractivity contribution in [2.24, 2.45) is 0 Å². The Morgan fingerprint density at radius 3 is 2.46 bits per heavy atom. The van der Waals surface area contributed by atoms with Crippen LogP contribution in [0.1, 0.15) is 19.4 Å². The van der Waals surface area contributed by atoms with Crippen LogP contribution < -0.4 is 14.8 Å². The number of benzene rings is 2. The van der Waals surface area contributed by atoms with E-state index in [-0.39, 0.29) is 17.2 Å². The van der Waals surface area contributed by atoms with E-state index >= 15 is 0 Å². The van der Waals surface area contributed by atoms with Crippen LogP contribution in [0.3, 0.4) is 0 Å². The summed E-state index contributed by atoms with van der Waals surface area (Å²) >= 11 is 0. The number of nitrogens with one attached hydrogen (secondary N) is 1. The van der Waals surface area contributed by atoms with Gasteiger partial charge in [-0.25, -0.2) is 8.42 Å². The Bertz CT molecular complexity index is 955. The zero-order valence-corrected chi connectivity index (χ0v) is 16.8. The fourth-order valence-electron chi connectivity index (χ4n) is 3.04. The second-order valence-electron chi connectivity index (χ2n) is 6.32. The molecule has 150 valence electrons. The second-order valence-corrected chi connectivity index (χ2v) is 8.26. The molecule has 8 heteroatoms. The topological polar surface area (TPSA) is 84.9 Å². The normalized spacial score (nSPS) is 13.4. The van der Waals surface area contributed by atoms with E-state index in [1.807, 2.05) is 6.07 Å². The molecule has 0 aromatic heterocycles. The molecule has 0 saturated carbocycles. The second kappa shape index (κ2) is 8.62. The summed E-state index contributed by atoms with van der Waals surface area (Å²) in [4.78, 5) is 12.6. The Balaban J connectivity index is 1.71. The van der Waals surface area contributed by atoms with Gasteiger partial charge in [-0.2, -0.15) is 4.31 Å². The first-order valence-electron chi connectivity index (χ1n) is 9.22. The van der Waals surface area contributed by atoms with E-state index in [9.17, 15) is 13.2 Å². The number of nitrogens with zero attached hydrogens (tertiary/aromatic N) is 1. The summed E-state index contributed by atoms with van der Waals surface area (Å²) in [5, 5.41) is 2.76. The number of sulfonamides is 1. The molecule has 1 N–H and O–H groups in total. The zero-order chi connectivity index (χ0) is 20.1. The fraction of sp³-hybridized carbons (Fsp3) is 0.350. The SMILES string of the molecule is CCN(CC)S(=O)(=O)c1cccc(NC(=O)Cc2ccc3c(c2)OCCO3)c1. The summed E-state index contributed by atoms with van der Waals surface area (Å²) in [5.41, 5.74) is 1.23. The third-order valence-corrected chi connectivity index (χ3v) is 6.48. The van der Waals surface area contributed by atoms with Crippen LogP contribution in [0.5, 0.6) is 11.5 Å². The molecule has 2 aromatic rings. The van der Waals surface area contributed by atoms with Gasteiger partial charge in [0.05, 0.1) is 11.3 Å². The smallest absolute Gasteiger partial charge is 0.243 e. The number of fused-ring (bicyclic) bond motifs is 1. The summed E-state index contributed by atoms with van der Waals surface area (Å²) in [7, 11) is -3.58. The van der Waals surface area contributed by atoms with Gasteiger partial charge in [-0.3, -0.25) is 4.79 Å². The van der Waals surface area contributed by atoms with Crippen LogP contribution in [0.2, 0.25) is 0 Å². The van der Waals surface area contributed by atoms with Crippen molar-refractivity contribution < 1.29 is 22.7 Å². The molecular formula is C20H24N2O5S. The number of hydrogen-bond donors (Lipinski definition) is 1. The van der Waals surface area contributed by atoms with Gasteiger partial charge in [-0.15, -0.1) is 0 Å². The van der Waals surface area contributed by atoms with E-state index in [2.05, 4.69) is 5.32 Å². The van der Waals surface area contributed by atoms with Gasteiger partial charge in [0.1, 0.15) is 13.2 Å². The van der Waals surface area contributed by atoms with Gasteiger partial charge < -0.3 is 14.8 Å². The molecule has 0 bridgehead atoms. The van der Waals surface area contributed by atoms with Gasteiger partial charge >= 0.3 is 0 Å². The Labute approximate surface area is 165 Å². The van der Waals surface area contributed by atoms with Gasteiger partial charge in [0, 0.05) is 18.8 Å². The van der Waals surface area contributed by atoms with Crippen molar-refractivity contribution in [1.29, 1.82) is 0 Å². The lowest BCUT2D eigenvalue weighted by atomic mass is 10.1. The molecule has 0 radical (unpaired) electrons. The lowest BCUT2D eigenvalue weighted by Crippen LogP contribution is -2.30. The summed E-state index contributed by atoms with van der Waals surface area (Å²) in [6.07, 6.45) is 0.143. The highest BCUT2D eigenvalue weighted by Gasteiger charge is 2.22. The number of carbonyl (C=O) groups excluding carboxylic acids is 1. The number of rotatable bonds is 7. The minimum absolute atomic E-state index is 0.143. The Morgan fingerprint density at radius 2 is 1.75 bits per heavy atom. The van der Waals surface area contributed by atoms with Crippen molar-refractivity contribution in [3.05, 3.63) is 48.0 Å². The fourth-order valence-corrected chi connectivity index (χ4v) is 4.54. The molecule has 28 heavy (non-hydrogen) atoms. The van der Waals surface area contributed by atoms with E-state index in [1.165, 1.54) is 16.4 Å². The van der Waals surface area contributed by atoms with Crippen molar-refractivity contribution in [3.8, 4) is 11.5 Å². The molecule has 1 aliphatic rings. The Kier molecular flexibility index (Phi) is 6.21. The standard InChI is InChI=1S/C20H24N2O5S/c1-3-22(4-2)28(24,25)17-7-5-6-16(14-17)21-20(23)13-15-8-9-18-19(12-15)27-11-10-26-18/h5-9,12,14H,3-4,10-11,13H2,1-2H3,(H,21,23). The van der Waals surface area contributed by atoms with Gasteiger partial charge in [0.2, 0.25) is 15.9 Å². The number of anilines is 1. The quantitative estimate of drug-likeness (QED) is 0.767. The molecule has 0 fully saturated rings. The van der Waals surface area contributed by atoms with Gasteiger partial charge in [0.25, 0.3) is 0 Å². The number of amides is 1. The predicted molar refractivity (Wildman–Crippen MR) is 106 cm³/mol. The summed E-state index contributed by atoms with van der Waals surface area (Å²) < 4.78 is 37.7. The minimum Gasteiger partial charge on any atom is -0.486 e. The molecule has 7 nitrogen and oxygen atoms in total. The van der Waals surface area contributed by atoms with Crippen molar-refractivity contribution in [2.45, 2.75) is 25.2 Å². The van der Waals surface area contributed by atoms with Crippen LogP contribution in [-0.4, -0.2) is 44.9 Å². The Hall–Kier alpha value is -2.58. The highest BCUT2D eigenvalue weighted by molar-refractivity contribution is 7.89. The minimum atomic E-state index is -3.58. The van der Waals surface area contributed by atoms with Crippen molar-refractivity contribution in [3.63, 3.8) is 0 Å². The van der Waals surface area contributed by atoms with Crippen LogP contribution in [0.4, 0.5) is 5.69 Å². The maximum Gasteiger partial charge on any atom is 0.243 e. The average Bonchev–Trinajstić information content (AvgIpc) is 2.68. The number of carbonyl (C=O) groups is 1. The largest absolute Gasteiger partial charge is 0.486 e. The third kappa shape index (κ3) is 4.45. The summed E-state index contributed by atoms with van der Waals surface area (Å²) in [6, 6.07) is 11.7. The first-order valence-corrected chi connectivity index (χ1v) is 10.7. The molecule has 1 heterocycles. The Morgan fingerprint density at radius 1 is 1.04 bits per heavy atom. The van der Waals surface area contributed by atoms with Gasteiger partial charge in [0.15, 0.2) is 11.5 Å².